The minimum absolute atomic E-state index is 0.197. The molecule has 7 nitrogen and oxygen atoms in total. The Balaban J connectivity index is 2.01. The Labute approximate surface area is 191 Å². The molecule has 1 fully saturated rings. The van der Waals surface area contributed by atoms with Crippen molar-refractivity contribution >= 4 is 5.97 Å². The minimum Gasteiger partial charge on any atom is -0.463 e. The molecule has 1 aliphatic rings. The maximum atomic E-state index is 11.7. The highest BCUT2D eigenvalue weighted by Gasteiger charge is 2.53. The van der Waals surface area contributed by atoms with E-state index in [1.54, 1.807) is 0 Å². The molecule has 3 atom stereocenters. The fourth-order valence-corrected chi connectivity index (χ4v) is 2.90. The van der Waals surface area contributed by atoms with Crippen LogP contribution >= 0.6 is 0 Å². The van der Waals surface area contributed by atoms with Crippen LogP contribution in [0.3, 0.4) is 0 Å². The number of carbonyl (C=O) groups excluding carboxylic acids is 1. The van der Waals surface area contributed by atoms with Gasteiger partial charge in [0.1, 0.15) is 18.8 Å². The Morgan fingerprint density at radius 1 is 0.875 bits per heavy atom. The Bertz CT molecular complexity index is 661. The highest BCUT2D eigenvalue weighted by molar-refractivity contribution is 5.69. The summed E-state index contributed by atoms with van der Waals surface area (Å²) in [5, 5.41) is 37.6. The number of carbonyl (C=O) groups is 1. The van der Waals surface area contributed by atoms with E-state index in [4.69, 9.17) is 4.74 Å². The van der Waals surface area contributed by atoms with Crippen LogP contribution in [-0.2, 0) is 14.3 Å². The van der Waals surface area contributed by atoms with Gasteiger partial charge in [0.15, 0.2) is 6.10 Å². The molecule has 0 aromatic heterocycles. The van der Waals surface area contributed by atoms with Crippen molar-refractivity contribution in [2.24, 2.45) is 0 Å². The van der Waals surface area contributed by atoms with Crippen molar-refractivity contribution in [3.05, 3.63) is 60.8 Å². The van der Waals surface area contributed by atoms with Gasteiger partial charge in [0.25, 0.3) is 0 Å². The van der Waals surface area contributed by atoms with Crippen LogP contribution in [-0.4, -0.2) is 57.3 Å². The molecule has 0 amide bonds. The van der Waals surface area contributed by atoms with Crippen LogP contribution in [0.4, 0.5) is 0 Å². The SMILES string of the molecule is CC/C=C\C/C=C\C/C=C\C/C=C\C/C=C\CCCC(=O)OC[C@H]1OC(O)(O)[C@H](O)[C@@H]1O. The molecule has 0 spiro atoms. The summed E-state index contributed by atoms with van der Waals surface area (Å²) in [6.45, 7) is 1.77. The largest absolute Gasteiger partial charge is 0.463 e. The van der Waals surface area contributed by atoms with Crippen LogP contribution in [0.15, 0.2) is 60.8 Å². The quantitative estimate of drug-likeness (QED) is 0.131. The van der Waals surface area contributed by atoms with Gasteiger partial charge in [-0.25, -0.2) is 0 Å². The van der Waals surface area contributed by atoms with E-state index in [0.29, 0.717) is 6.42 Å². The number of hydrogen-bond acceptors (Lipinski definition) is 7. The third-order valence-electron chi connectivity index (χ3n) is 4.73. The number of aliphatic hydroxyl groups is 4. The Morgan fingerprint density at radius 3 is 1.84 bits per heavy atom. The molecule has 32 heavy (non-hydrogen) atoms. The number of unbranched alkanes of at least 4 members (excludes halogenated alkanes) is 1. The molecule has 0 aromatic rings. The fraction of sp³-hybridized carbons (Fsp3) is 0.560. The predicted molar refractivity (Wildman–Crippen MR) is 123 cm³/mol. The van der Waals surface area contributed by atoms with Crippen molar-refractivity contribution in [1.29, 1.82) is 0 Å². The van der Waals surface area contributed by atoms with Gasteiger partial charge in [0, 0.05) is 6.42 Å². The lowest BCUT2D eigenvalue weighted by Gasteiger charge is -2.17. The fourth-order valence-electron chi connectivity index (χ4n) is 2.90. The molecule has 7 heteroatoms. The molecule has 0 radical (unpaired) electrons. The van der Waals surface area contributed by atoms with E-state index in [9.17, 15) is 25.2 Å². The number of esters is 1. The first kappa shape index (κ1) is 28.0. The second-order valence-corrected chi connectivity index (χ2v) is 7.53. The van der Waals surface area contributed by atoms with Crippen LogP contribution in [0.5, 0.6) is 0 Å². The molecule has 0 saturated carbocycles. The first-order valence-electron chi connectivity index (χ1n) is 11.3. The van der Waals surface area contributed by atoms with Gasteiger partial charge in [0.2, 0.25) is 0 Å². The topological polar surface area (TPSA) is 116 Å². The zero-order chi connectivity index (χ0) is 23.7. The summed E-state index contributed by atoms with van der Waals surface area (Å²) >= 11 is 0. The molecule has 180 valence electrons. The monoisotopic (exact) mass is 450 g/mol. The lowest BCUT2D eigenvalue weighted by molar-refractivity contribution is -0.355. The third kappa shape index (κ3) is 12.1. The Morgan fingerprint density at radius 2 is 1.38 bits per heavy atom. The van der Waals surface area contributed by atoms with Crippen molar-refractivity contribution in [3.63, 3.8) is 0 Å². The van der Waals surface area contributed by atoms with Crippen molar-refractivity contribution in [1.82, 2.24) is 0 Å². The van der Waals surface area contributed by atoms with Crippen molar-refractivity contribution in [3.8, 4) is 0 Å². The van der Waals surface area contributed by atoms with Gasteiger partial charge >= 0.3 is 11.9 Å². The standard InChI is InChI=1S/C25H38O7/c1-2-3-4-5-6-7-8-9-10-11-12-13-14-15-16-17-18-19-22(26)31-20-21-23(27)24(28)25(29,30)32-21/h3-4,6-7,9-10,12-13,15-16,21,23-24,27-30H,2,5,8,11,14,17-20H2,1H3/b4-3-,7-6-,10-9-,13-12-,16-15-/t21-,23-,24-/m1/s1. The number of ether oxygens (including phenoxy) is 2. The summed E-state index contributed by atoms with van der Waals surface area (Å²) in [5.41, 5.74) is 0. The van der Waals surface area contributed by atoms with E-state index in [1.807, 2.05) is 12.2 Å². The maximum Gasteiger partial charge on any atom is 0.308 e. The van der Waals surface area contributed by atoms with Crippen LogP contribution < -0.4 is 0 Å². The predicted octanol–water partition coefficient (Wildman–Crippen LogP) is 3.21. The van der Waals surface area contributed by atoms with Crippen LogP contribution in [0, 0.1) is 0 Å². The average Bonchev–Trinajstić information content (AvgIpc) is 2.96. The highest BCUT2D eigenvalue weighted by Crippen LogP contribution is 2.27. The highest BCUT2D eigenvalue weighted by atomic mass is 16.8. The second kappa shape index (κ2) is 16.6. The number of aliphatic hydroxyl groups excluding tert-OH is 2. The molecule has 1 rings (SSSR count). The van der Waals surface area contributed by atoms with Crippen LogP contribution in [0.25, 0.3) is 0 Å². The zero-order valence-corrected chi connectivity index (χ0v) is 18.9. The van der Waals surface area contributed by atoms with Gasteiger partial charge in [-0.3, -0.25) is 4.79 Å². The molecule has 4 N–H and O–H groups in total. The van der Waals surface area contributed by atoms with E-state index >= 15 is 0 Å². The lowest BCUT2D eigenvalue weighted by Crippen LogP contribution is -2.42. The van der Waals surface area contributed by atoms with E-state index in [-0.39, 0.29) is 13.0 Å². The van der Waals surface area contributed by atoms with Gasteiger partial charge < -0.3 is 29.9 Å². The first-order valence-corrected chi connectivity index (χ1v) is 11.3. The molecule has 1 heterocycles. The summed E-state index contributed by atoms with van der Waals surface area (Å²) < 4.78 is 9.63. The van der Waals surface area contributed by atoms with Crippen LogP contribution in [0.1, 0.15) is 58.3 Å². The smallest absolute Gasteiger partial charge is 0.308 e. The molecular weight excluding hydrogens is 412 g/mol. The number of rotatable bonds is 15. The molecule has 0 unspecified atom stereocenters. The van der Waals surface area contributed by atoms with Gasteiger partial charge in [-0.2, -0.15) is 0 Å². The van der Waals surface area contributed by atoms with Gasteiger partial charge in [-0.15, -0.1) is 0 Å². The third-order valence-corrected chi connectivity index (χ3v) is 4.73. The summed E-state index contributed by atoms with van der Waals surface area (Å²) in [6.07, 6.45) is 23.0. The molecule has 0 aromatic carbocycles. The Hall–Kier alpha value is -2.03. The van der Waals surface area contributed by atoms with Crippen molar-refractivity contribution in [2.75, 3.05) is 6.61 Å². The molecule has 0 bridgehead atoms. The number of allylic oxidation sites excluding steroid dienone is 10. The summed E-state index contributed by atoms with van der Waals surface area (Å²) in [4.78, 5) is 11.7. The van der Waals surface area contributed by atoms with E-state index in [1.165, 1.54) is 0 Å². The molecule has 1 saturated heterocycles. The Kier molecular flexibility index (Phi) is 14.5. The van der Waals surface area contributed by atoms with Crippen LogP contribution in [0.2, 0.25) is 0 Å². The molecular formula is C25H38O7. The maximum absolute atomic E-state index is 11.7. The van der Waals surface area contributed by atoms with Crippen molar-refractivity contribution in [2.45, 2.75) is 82.6 Å². The lowest BCUT2D eigenvalue weighted by atomic mass is 10.1. The van der Waals surface area contributed by atoms with E-state index in [0.717, 1.165) is 38.5 Å². The van der Waals surface area contributed by atoms with Gasteiger partial charge in [-0.05, 0) is 44.9 Å². The molecule has 1 aliphatic heterocycles. The first-order chi connectivity index (χ1) is 15.4. The summed E-state index contributed by atoms with van der Waals surface area (Å²) in [6, 6.07) is 0. The average molecular weight is 451 g/mol. The molecule has 0 aliphatic carbocycles. The van der Waals surface area contributed by atoms with E-state index < -0.39 is 30.3 Å². The minimum atomic E-state index is -2.84. The van der Waals surface area contributed by atoms with E-state index in [2.05, 4.69) is 60.3 Å². The summed E-state index contributed by atoms with van der Waals surface area (Å²) in [5.74, 6) is -3.31. The van der Waals surface area contributed by atoms with Gasteiger partial charge in [-0.1, -0.05) is 67.7 Å². The number of hydrogen-bond donors (Lipinski definition) is 4. The zero-order valence-electron chi connectivity index (χ0n) is 18.9. The second-order valence-electron chi connectivity index (χ2n) is 7.53. The summed E-state index contributed by atoms with van der Waals surface area (Å²) in [7, 11) is 0. The van der Waals surface area contributed by atoms with Crippen molar-refractivity contribution < 1.29 is 34.7 Å². The van der Waals surface area contributed by atoms with Gasteiger partial charge in [0.05, 0.1) is 0 Å². The normalized spacial score (nSPS) is 23.6.